The zero-order valence-corrected chi connectivity index (χ0v) is 14.1. The lowest BCUT2D eigenvalue weighted by atomic mass is 10.2. The first-order valence-corrected chi connectivity index (χ1v) is 8.55. The fraction of sp³-hybridized carbons (Fsp3) is 0.500. The van der Waals surface area contributed by atoms with Gasteiger partial charge in [-0.3, -0.25) is 4.90 Å². The molecule has 1 saturated heterocycles. The molecular formula is C16H22N4OS. The lowest BCUT2D eigenvalue weighted by Gasteiger charge is -2.30. The topological polar surface area (TPSA) is 54.2 Å². The van der Waals surface area contributed by atoms with Gasteiger partial charge >= 0.3 is 0 Å². The van der Waals surface area contributed by atoms with Crippen molar-refractivity contribution in [3.8, 4) is 0 Å². The number of nitrogens with one attached hydrogen (secondary N) is 1. The molecule has 1 fully saturated rings. The molecule has 118 valence electrons. The molecule has 0 saturated carbocycles. The Bertz CT molecular complexity index is 643. The predicted molar refractivity (Wildman–Crippen MR) is 88.0 cm³/mol. The van der Waals surface area contributed by atoms with Gasteiger partial charge in [-0.15, -0.1) is 11.8 Å². The van der Waals surface area contributed by atoms with E-state index in [9.17, 15) is 0 Å². The molecule has 0 amide bonds. The van der Waals surface area contributed by atoms with Crippen molar-refractivity contribution < 1.29 is 4.52 Å². The maximum absolute atomic E-state index is 5.42. The van der Waals surface area contributed by atoms with Crippen molar-refractivity contribution in [3.63, 3.8) is 0 Å². The molecule has 1 aromatic heterocycles. The molecule has 0 radical (unpaired) electrons. The highest BCUT2D eigenvalue weighted by Gasteiger charge is 2.25. The van der Waals surface area contributed by atoms with Gasteiger partial charge in [-0.25, -0.2) is 0 Å². The third-order valence-corrected chi connectivity index (χ3v) is 5.13. The summed E-state index contributed by atoms with van der Waals surface area (Å²) in [5.74, 6) is 2.19. The summed E-state index contributed by atoms with van der Waals surface area (Å²) < 4.78 is 5.42. The van der Waals surface area contributed by atoms with Crippen LogP contribution in [0.1, 0.15) is 28.9 Å². The molecule has 2 heterocycles. The maximum atomic E-state index is 5.42. The number of rotatable bonds is 4. The van der Waals surface area contributed by atoms with E-state index >= 15 is 0 Å². The molecule has 1 N–H and O–H groups in total. The highest BCUT2D eigenvalue weighted by atomic mass is 32.2. The van der Waals surface area contributed by atoms with Crippen LogP contribution in [0.3, 0.4) is 0 Å². The number of hydrogen-bond acceptors (Lipinski definition) is 6. The zero-order valence-electron chi connectivity index (χ0n) is 13.3. The summed E-state index contributed by atoms with van der Waals surface area (Å²) in [5, 5.41) is 7.54. The summed E-state index contributed by atoms with van der Waals surface area (Å²) in [5.41, 5.74) is 2.56. The number of thioether (sulfide) groups is 1. The highest BCUT2D eigenvalue weighted by Crippen LogP contribution is 2.27. The molecule has 1 aromatic carbocycles. The summed E-state index contributed by atoms with van der Waals surface area (Å²) in [4.78, 5) is 8.11. The fourth-order valence-electron chi connectivity index (χ4n) is 2.56. The van der Waals surface area contributed by atoms with E-state index in [1.54, 1.807) is 11.8 Å². The van der Waals surface area contributed by atoms with Gasteiger partial charge < -0.3 is 9.84 Å². The molecule has 1 atom stereocenters. The van der Waals surface area contributed by atoms with Crippen LogP contribution in [-0.2, 0) is 5.75 Å². The van der Waals surface area contributed by atoms with E-state index in [4.69, 9.17) is 4.52 Å². The highest BCUT2D eigenvalue weighted by molar-refractivity contribution is 7.98. The van der Waals surface area contributed by atoms with Crippen LogP contribution in [0.4, 0.5) is 0 Å². The number of likely N-dealkylation sites (N-methyl/N-ethyl adjacent to an activating group) is 1. The van der Waals surface area contributed by atoms with Gasteiger partial charge in [-0.1, -0.05) is 22.9 Å². The Morgan fingerprint density at radius 3 is 3.09 bits per heavy atom. The Morgan fingerprint density at radius 2 is 2.27 bits per heavy atom. The molecule has 0 bridgehead atoms. The second-order valence-electron chi connectivity index (χ2n) is 5.80. The van der Waals surface area contributed by atoms with Gasteiger partial charge in [0, 0.05) is 24.5 Å². The van der Waals surface area contributed by atoms with Crippen LogP contribution in [0.25, 0.3) is 0 Å². The number of piperazine rings is 1. The van der Waals surface area contributed by atoms with Crippen LogP contribution in [0, 0.1) is 13.8 Å². The van der Waals surface area contributed by atoms with E-state index in [0.29, 0.717) is 11.6 Å². The number of aryl methyl sites for hydroxylation is 2. The summed E-state index contributed by atoms with van der Waals surface area (Å²) in [6.45, 7) is 7.13. The average Bonchev–Trinajstić information content (AvgIpc) is 2.97. The van der Waals surface area contributed by atoms with Crippen molar-refractivity contribution in [2.24, 2.45) is 0 Å². The Morgan fingerprint density at radius 1 is 1.41 bits per heavy atom. The Kier molecular flexibility index (Phi) is 4.81. The molecule has 0 aliphatic carbocycles. The van der Waals surface area contributed by atoms with Crippen LogP contribution in [0.5, 0.6) is 0 Å². The molecule has 1 unspecified atom stereocenters. The van der Waals surface area contributed by atoms with Crippen LogP contribution < -0.4 is 5.32 Å². The van der Waals surface area contributed by atoms with Crippen LogP contribution in [0.2, 0.25) is 0 Å². The first kappa shape index (κ1) is 15.5. The molecule has 22 heavy (non-hydrogen) atoms. The predicted octanol–water partition coefficient (Wildman–Crippen LogP) is 2.55. The molecule has 1 aliphatic heterocycles. The minimum absolute atomic E-state index is 0.206. The number of benzene rings is 1. The first-order valence-electron chi connectivity index (χ1n) is 7.57. The Labute approximate surface area is 135 Å². The molecule has 2 aromatic rings. The van der Waals surface area contributed by atoms with Crippen LogP contribution in [-0.4, -0.2) is 41.7 Å². The largest absolute Gasteiger partial charge is 0.338 e. The van der Waals surface area contributed by atoms with Gasteiger partial charge in [0.05, 0.1) is 11.8 Å². The van der Waals surface area contributed by atoms with Crippen molar-refractivity contribution in [1.82, 2.24) is 20.4 Å². The van der Waals surface area contributed by atoms with E-state index in [-0.39, 0.29) is 6.04 Å². The molecule has 5 nitrogen and oxygen atoms in total. The van der Waals surface area contributed by atoms with Gasteiger partial charge in [0.25, 0.3) is 0 Å². The van der Waals surface area contributed by atoms with Crippen LogP contribution in [0.15, 0.2) is 27.6 Å². The minimum Gasteiger partial charge on any atom is -0.338 e. The van der Waals surface area contributed by atoms with Gasteiger partial charge in [-0.2, -0.15) is 4.98 Å². The Balaban J connectivity index is 1.65. The Hall–Kier alpha value is -1.37. The van der Waals surface area contributed by atoms with Crippen molar-refractivity contribution >= 4 is 11.8 Å². The van der Waals surface area contributed by atoms with E-state index in [2.05, 4.69) is 59.5 Å². The third kappa shape index (κ3) is 3.51. The summed E-state index contributed by atoms with van der Waals surface area (Å²) in [6, 6.07) is 6.70. The second-order valence-corrected chi connectivity index (χ2v) is 6.82. The fourth-order valence-corrected chi connectivity index (χ4v) is 3.52. The van der Waals surface area contributed by atoms with Crippen molar-refractivity contribution in [3.05, 3.63) is 41.0 Å². The monoisotopic (exact) mass is 318 g/mol. The zero-order chi connectivity index (χ0) is 15.5. The van der Waals surface area contributed by atoms with Gasteiger partial charge in [0.15, 0.2) is 5.82 Å². The summed E-state index contributed by atoms with van der Waals surface area (Å²) in [7, 11) is 2.10. The van der Waals surface area contributed by atoms with Gasteiger partial charge in [0.1, 0.15) is 0 Å². The number of hydrogen-bond donors (Lipinski definition) is 1. The SMILES string of the molecule is Cc1ccc(C)c(SCc2nc(C3CNCCN3C)no2)c1. The standard InChI is InChI=1S/C16H22N4OS/c1-11-4-5-12(2)14(8-11)22-10-15-18-16(19-21-15)13-9-17-6-7-20(13)3/h4-5,8,13,17H,6-7,9-10H2,1-3H3. The van der Waals surface area contributed by atoms with Crippen molar-refractivity contribution in [1.29, 1.82) is 0 Å². The quantitative estimate of drug-likeness (QED) is 0.875. The summed E-state index contributed by atoms with van der Waals surface area (Å²) in [6.07, 6.45) is 0. The lowest BCUT2D eigenvalue weighted by Crippen LogP contribution is -2.44. The molecule has 1 aliphatic rings. The van der Waals surface area contributed by atoms with E-state index in [1.807, 2.05) is 0 Å². The smallest absolute Gasteiger partial charge is 0.237 e. The second kappa shape index (κ2) is 6.81. The summed E-state index contributed by atoms with van der Waals surface area (Å²) >= 11 is 1.75. The van der Waals surface area contributed by atoms with E-state index in [0.717, 1.165) is 25.5 Å². The van der Waals surface area contributed by atoms with Crippen LogP contribution >= 0.6 is 11.8 Å². The van der Waals surface area contributed by atoms with Gasteiger partial charge in [0.2, 0.25) is 5.89 Å². The van der Waals surface area contributed by atoms with Gasteiger partial charge in [-0.05, 0) is 32.5 Å². The molecule has 0 spiro atoms. The average molecular weight is 318 g/mol. The molecular weight excluding hydrogens is 296 g/mol. The normalized spacial score (nSPS) is 19.5. The number of aromatic nitrogens is 2. The van der Waals surface area contributed by atoms with E-state index < -0.39 is 0 Å². The maximum Gasteiger partial charge on any atom is 0.237 e. The van der Waals surface area contributed by atoms with Crippen molar-refractivity contribution in [2.45, 2.75) is 30.5 Å². The minimum atomic E-state index is 0.206. The molecule has 6 heteroatoms. The van der Waals surface area contributed by atoms with Crippen molar-refractivity contribution in [2.75, 3.05) is 26.7 Å². The number of nitrogens with zero attached hydrogens (tertiary/aromatic N) is 3. The van der Waals surface area contributed by atoms with E-state index in [1.165, 1.54) is 16.0 Å². The molecule has 3 rings (SSSR count). The lowest BCUT2D eigenvalue weighted by molar-refractivity contribution is 0.190. The third-order valence-electron chi connectivity index (χ3n) is 3.99. The first-order chi connectivity index (χ1) is 10.6.